The maximum absolute atomic E-state index is 11.4. The second-order valence-electron chi connectivity index (χ2n) is 4.95. The Morgan fingerprint density at radius 2 is 1.75 bits per heavy atom. The Balaban J connectivity index is 2.55. The number of benzene rings is 1. The molecule has 0 bridgehead atoms. The predicted octanol–water partition coefficient (Wildman–Crippen LogP) is 3.74. The van der Waals surface area contributed by atoms with Crippen LogP contribution in [0.25, 0.3) is 10.1 Å². The van der Waals surface area contributed by atoms with Gasteiger partial charge in [-0.2, -0.15) is 0 Å². The number of methoxy groups -OCH3 is 2. The lowest BCUT2D eigenvalue weighted by Gasteiger charge is -2.13. The summed E-state index contributed by atoms with van der Waals surface area (Å²) in [5, 5.41) is 10.4. The molecule has 2 rings (SSSR count). The van der Waals surface area contributed by atoms with Crippen molar-refractivity contribution in [3.8, 4) is 11.5 Å². The van der Waals surface area contributed by atoms with Crippen LogP contribution in [0.5, 0.6) is 11.5 Å². The highest BCUT2D eigenvalue weighted by Gasteiger charge is 2.25. The van der Waals surface area contributed by atoms with Crippen LogP contribution in [0.4, 0.5) is 0 Å². The molecule has 0 radical (unpaired) electrons. The summed E-state index contributed by atoms with van der Waals surface area (Å²) in [6, 6.07) is 5.70. The highest BCUT2D eigenvalue weighted by atomic mass is 32.1. The van der Waals surface area contributed by atoms with Gasteiger partial charge in [-0.1, -0.05) is 13.8 Å². The molecule has 1 atom stereocenters. The van der Waals surface area contributed by atoms with Crippen LogP contribution < -0.4 is 9.47 Å². The van der Waals surface area contributed by atoms with E-state index in [1.807, 2.05) is 32.0 Å². The van der Waals surface area contributed by atoms with Gasteiger partial charge < -0.3 is 14.6 Å². The first-order chi connectivity index (χ1) is 9.47. The van der Waals surface area contributed by atoms with E-state index in [4.69, 9.17) is 9.47 Å². The molecule has 0 aliphatic rings. The molecule has 0 aliphatic heterocycles. The average molecular weight is 294 g/mol. The molecular formula is C15H18O4S. The lowest BCUT2D eigenvalue weighted by atomic mass is 9.94. The number of fused-ring (bicyclic) bond motifs is 1. The van der Waals surface area contributed by atoms with Crippen molar-refractivity contribution < 1.29 is 19.4 Å². The van der Waals surface area contributed by atoms with Crippen LogP contribution >= 0.6 is 11.3 Å². The number of carboxylic acids is 1. The SMILES string of the molecule is COc1cc2cc(C(C(=O)O)C(C)C)sc2cc1OC. The second-order valence-corrected chi connectivity index (χ2v) is 6.07. The van der Waals surface area contributed by atoms with Crippen LogP contribution in [0.15, 0.2) is 18.2 Å². The smallest absolute Gasteiger partial charge is 0.312 e. The van der Waals surface area contributed by atoms with Gasteiger partial charge in [0.15, 0.2) is 11.5 Å². The van der Waals surface area contributed by atoms with Crippen molar-refractivity contribution in [3.05, 3.63) is 23.1 Å². The molecule has 4 nitrogen and oxygen atoms in total. The van der Waals surface area contributed by atoms with Crippen LogP contribution in [0.3, 0.4) is 0 Å². The van der Waals surface area contributed by atoms with E-state index in [0.29, 0.717) is 11.5 Å². The molecule has 5 heteroatoms. The second kappa shape index (κ2) is 5.71. The van der Waals surface area contributed by atoms with Crippen LogP contribution in [0.2, 0.25) is 0 Å². The van der Waals surface area contributed by atoms with Crippen molar-refractivity contribution in [1.82, 2.24) is 0 Å². The van der Waals surface area contributed by atoms with Gasteiger partial charge in [0.2, 0.25) is 0 Å². The van der Waals surface area contributed by atoms with E-state index in [-0.39, 0.29) is 5.92 Å². The summed E-state index contributed by atoms with van der Waals surface area (Å²) >= 11 is 1.49. The molecule has 0 saturated heterocycles. The maximum atomic E-state index is 11.4. The third kappa shape index (κ3) is 2.58. The van der Waals surface area contributed by atoms with Gasteiger partial charge in [-0.25, -0.2) is 0 Å². The molecule has 1 heterocycles. The summed E-state index contributed by atoms with van der Waals surface area (Å²) in [4.78, 5) is 12.3. The Kier molecular flexibility index (Phi) is 4.18. The first-order valence-electron chi connectivity index (χ1n) is 6.36. The summed E-state index contributed by atoms with van der Waals surface area (Å²) < 4.78 is 11.6. The number of carboxylic acid groups (broad SMARTS) is 1. The summed E-state index contributed by atoms with van der Waals surface area (Å²) in [5.74, 6) is 0.0878. The number of aliphatic carboxylic acids is 1. The summed E-state index contributed by atoms with van der Waals surface area (Å²) in [5.41, 5.74) is 0. The number of thiophene rings is 1. The number of hydrogen-bond acceptors (Lipinski definition) is 4. The molecule has 0 amide bonds. The minimum Gasteiger partial charge on any atom is -0.493 e. The van der Waals surface area contributed by atoms with Gasteiger partial charge >= 0.3 is 5.97 Å². The molecule has 1 aromatic heterocycles. The molecule has 1 unspecified atom stereocenters. The fourth-order valence-electron chi connectivity index (χ4n) is 2.28. The third-order valence-corrected chi connectivity index (χ3v) is 4.46. The van der Waals surface area contributed by atoms with E-state index >= 15 is 0 Å². The molecule has 1 aromatic carbocycles. The van der Waals surface area contributed by atoms with Crippen molar-refractivity contribution in [2.24, 2.45) is 5.92 Å². The van der Waals surface area contributed by atoms with Gasteiger partial charge in [-0.3, -0.25) is 4.79 Å². The van der Waals surface area contributed by atoms with Crippen molar-refractivity contribution in [3.63, 3.8) is 0 Å². The Hall–Kier alpha value is -1.75. The third-order valence-electron chi connectivity index (χ3n) is 3.28. The average Bonchev–Trinajstić information content (AvgIpc) is 2.77. The minimum atomic E-state index is -0.787. The van der Waals surface area contributed by atoms with Gasteiger partial charge in [-0.05, 0) is 23.4 Å². The Labute approximate surface area is 121 Å². The fraction of sp³-hybridized carbons (Fsp3) is 0.400. The first-order valence-corrected chi connectivity index (χ1v) is 7.17. The van der Waals surface area contributed by atoms with Gasteiger partial charge in [0.05, 0.1) is 20.1 Å². The Morgan fingerprint density at radius 1 is 1.15 bits per heavy atom. The van der Waals surface area contributed by atoms with Crippen molar-refractivity contribution in [2.75, 3.05) is 14.2 Å². The van der Waals surface area contributed by atoms with E-state index in [9.17, 15) is 9.90 Å². The highest BCUT2D eigenvalue weighted by molar-refractivity contribution is 7.19. The number of ether oxygens (including phenoxy) is 2. The lowest BCUT2D eigenvalue weighted by Crippen LogP contribution is -2.16. The van der Waals surface area contributed by atoms with Gasteiger partial charge in [0.25, 0.3) is 0 Å². The molecule has 108 valence electrons. The zero-order valence-electron chi connectivity index (χ0n) is 12.0. The summed E-state index contributed by atoms with van der Waals surface area (Å²) in [7, 11) is 3.18. The minimum absolute atomic E-state index is 0.0457. The van der Waals surface area contributed by atoms with Gasteiger partial charge in [-0.15, -0.1) is 11.3 Å². The van der Waals surface area contributed by atoms with Crippen LogP contribution in [0.1, 0.15) is 24.6 Å². The standard InChI is InChI=1S/C15H18O4S/c1-8(2)14(15(16)17)13-6-9-5-10(18-3)11(19-4)7-12(9)20-13/h5-8,14H,1-4H3,(H,16,17). The summed E-state index contributed by atoms with van der Waals surface area (Å²) in [6.07, 6.45) is 0. The first kappa shape index (κ1) is 14.7. The quantitative estimate of drug-likeness (QED) is 0.912. The molecule has 0 fully saturated rings. The van der Waals surface area contributed by atoms with Crippen molar-refractivity contribution >= 4 is 27.4 Å². The molecule has 0 aliphatic carbocycles. The Morgan fingerprint density at radius 3 is 2.25 bits per heavy atom. The Bertz CT molecular complexity index is 589. The molecule has 1 N–H and O–H groups in total. The summed E-state index contributed by atoms with van der Waals surface area (Å²) in [6.45, 7) is 3.84. The number of carbonyl (C=O) groups is 1. The molecular weight excluding hydrogens is 276 g/mol. The fourth-order valence-corrected chi connectivity index (χ4v) is 3.62. The zero-order chi connectivity index (χ0) is 14.9. The highest BCUT2D eigenvalue weighted by Crippen LogP contribution is 2.40. The van der Waals surface area contributed by atoms with E-state index in [1.165, 1.54) is 11.3 Å². The van der Waals surface area contributed by atoms with Gasteiger partial charge in [0.1, 0.15) is 0 Å². The van der Waals surface area contributed by atoms with Crippen LogP contribution in [-0.2, 0) is 4.79 Å². The van der Waals surface area contributed by atoms with Crippen molar-refractivity contribution in [1.29, 1.82) is 0 Å². The molecule has 0 saturated carbocycles. The van der Waals surface area contributed by atoms with Crippen LogP contribution in [-0.4, -0.2) is 25.3 Å². The van der Waals surface area contributed by atoms with Gasteiger partial charge in [0, 0.05) is 15.6 Å². The largest absolute Gasteiger partial charge is 0.493 e. The number of rotatable bonds is 5. The van der Waals surface area contributed by atoms with E-state index in [1.54, 1.807) is 14.2 Å². The molecule has 20 heavy (non-hydrogen) atoms. The zero-order valence-corrected chi connectivity index (χ0v) is 12.8. The topological polar surface area (TPSA) is 55.8 Å². The number of hydrogen-bond donors (Lipinski definition) is 1. The monoisotopic (exact) mass is 294 g/mol. The molecule has 0 spiro atoms. The normalized spacial score (nSPS) is 12.7. The van der Waals surface area contributed by atoms with E-state index in [0.717, 1.165) is 15.0 Å². The van der Waals surface area contributed by atoms with Crippen LogP contribution in [0, 0.1) is 5.92 Å². The predicted molar refractivity (Wildman–Crippen MR) is 80.1 cm³/mol. The van der Waals surface area contributed by atoms with Crippen molar-refractivity contribution in [2.45, 2.75) is 19.8 Å². The lowest BCUT2D eigenvalue weighted by molar-refractivity contribution is -0.139. The van der Waals surface area contributed by atoms with E-state index in [2.05, 4.69) is 0 Å². The maximum Gasteiger partial charge on any atom is 0.312 e. The van der Waals surface area contributed by atoms with E-state index < -0.39 is 11.9 Å². The molecule has 2 aromatic rings.